The second-order valence-corrected chi connectivity index (χ2v) is 7.32. The summed E-state index contributed by atoms with van der Waals surface area (Å²) in [5.41, 5.74) is 3.20. The molecule has 0 fully saturated rings. The van der Waals surface area contributed by atoms with Crippen LogP contribution in [0, 0.1) is 6.92 Å². The molecular weight excluding hydrogens is 412 g/mol. The van der Waals surface area contributed by atoms with E-state index in [0.29, 0.717) is 23.1 Å². The average Bonchev–Trinajstić information content (AvgIpc) is 3.23. The molecule has 156 valence electrons. The van der Waals surface area contributed by atoms with Crippen molar-refractivity contribution in [1.82, 2.24) is 14.8 Å². The molecule has 1 heterocycles. The molecule has 4 rings (SSSR count). The number of benzene rings is 3. The van der Waals surface area contributed by atoms with Gasteiger partial charge in [-0.25, -0.2) is 9.67 Å². The van der Waals surface area contributed by atoms with Gasteiger partial charge >= 0.3 is 0 Å². The molecule has 4 aromatic rings. The second kappa shape index (κ2) is 9.02. The summed E-state index contributed by atoms with van der Waals surface area (Å²) in [5, 5.41) is 7.93. The number of hydrogen-bond acceptors (Lipinski definition) is 4. The van der Waals surface area contributed by atoms with E-state index in [2.05, 4.69) is 15.4 Å². The zero-order valence-electron chi connectivity index (χ0n) is 17.2. The number of amides is 1. The number of hydrogen-bond donors (Lipinski definition) is 1. The van der Waals surface area contributed by atoms with Crippen LogP contribution in [0.5, 0.6) is 5.75 Å². The van der Waals surface area contributed by atoms with Gasteiger partial charge in [-0.1, -0.05) is 48.0 Å². The summed E-state index contributed by atoms with van der Waals surface area (Å²) >= 11 is 6.23. The number of anilines is 1. The van der Waals surface area contributed by atoms with E-state index in [-0.39, 0.29) is 5.82 Å². The van der Waals surface area contributed by atoms with E-state index in [4.69, 9.17) is 16.3 Å². The highest BCUT2D eigenvalue weighted by Crippen LogP contribution is 2.26. The molecule has 0 atom stereocenters. The number of nitrogens with zero attached hydrogens (tertiary/aromatic N) is 3. The van der Waals surface area contributed by atoms with E-state index in [9.17, 15) is 4.79 Å². The Bertz CT molecular complexity index is 1200. The lowest BCUT2D eigenvalue weighted by Gasteiger charge is -2.09. The third kappa shape index (κ3) is 4.59. The third-order valence-corrected chi connectivity index (χ3v) is 4.90. The van der Waals surface area contributed by atoms with Crippen molar-refractivity contribution in [3.63, 3.8) is 0 Å². The minimum absolute atomic E-state index is 0.0621. The van der Waals surface area contributed by atoms with Gasteiger partial charge < -0.3 is 10.1 Å². The normalized spacial score (nSPS) is 10.7. The van der Waals surface area contributed by atoms with Crippen LogP contribution in [0.4, 0.5) is 5.69 Å². The number of carbonyl (C=O) groups is 1. The Labute approximate surface area is 185 Å². The summed E-state index contributed by atoms with van der Waals surface area (Å²) in [4.78, 5) is 17.4. The fourth-order valence-electron chi connectivity index (χ4n) is 3.15. The Balaban J connectivity index is 1.71. The molecule has 0 bridgehead atoms. The number of aryl methyl sites for hydroxylation is 1. The van der Waals surface area contributed by atoms with E-state index >= 15 is 0 Å². The molecule has 0 aliphatic carbocycles. The van der Waals surface area contributed by atoms with E-state index in [0.717, 1.165) is 22.6 Å². The first-order valence-corrected chi connectivity index (χ1v) is 10.3. The fourth-order valence-corrected chi connectivity index (χ4v) is 3.32. The van der Waals surface area contributed by atoms with Gasteiger partial charge in [0.15, 0.2) is 5.82 Å². The van der Waals surface area contributed by atoms with E-state index in [1.807, 2.05) is 62.4 Å². The Morgan fingerprint density at radius 1 is 1.06 bits per heavy atom. The van der Waals surface area contributed by atoms with Gasteiger partial charge in [-0.2, -0.15) is 0 Å². The van der Waals surface area contributed by atoms with Gasteiger partial charge in [0, 0.05) is 16.3 Å². The van der Waals surface area contributed by atoms with Gasteiger partial charge in [0.2, 0.25) is 5.82 Å². The second-order valence-electron chi connectivity index (χ2n) is 6.88. The van der Waals surface area contributed by atoms with Crippen molar-refractivity contribution in [3.05, 3.63) is 89.2 Å². The molecule has 0 spiro atoms. The summed E-state index contributed by atoms with van der Waals surface area (Å²) < 4.78 is 7.09. The van der Waals surface area contributed by atoms with Crippen LogP contribution in [0.1, 0.15) is 23.1 Å². The minimum Gasteiger partial charge on any atom is -0.494 e. The number of rotatable bonds is 6. The Morgan fingerprint density at radius 3 is 2.52 bits per heavy atom. The molecular formula is C24H21ClN4O2. The van der Waals surface area contributed by atoms with Gasteiger partial charge in [0.05, 0.1) is 12.3 Å². The lowest BCUT2D eigenvalue weighted by molar-refractivity contribution is 0.101. The summed E-state index contributed by atoms with van der Waals surface area (Å²) in [6.45, 7) is 4.46. The molecule has 0 aliphatic rings. The maximum Gasteiger partial charge on any atom is 0.295 e. The summed E-state index contributed by atoms with van der Waals surface area (Å²) in [7, 11) is 0. The Morgan fingerprint density at radius 2 is 1.81 bits per heavy atom. The molecule has 1 aromatic heterocycles. The molecule has 0 unspecified atom stereocenters. The van der Waals surface area contributed by atoms with Crippen LogP contribution in [0.25, 0.3) is 17.1 Å². The molecule has 31 heavy (non-hydrogen) atoms. The lowest BCUT2D eigenvalue weighted by atomic mass is 10.2. The molecule has 0 saturated heterocycles. The van der Waals surface area contributed by atoms with Crippen molar-refractivity contribution < 1.29 is 9.53 Å². The van der Waals surface area contributed by atoms with E-state index in [1.165, 1.54) is 0 Å². The minimum atomic E-state index is -0.403. The van der Waals surface area contributed by atoms with Crippen molar-refractivity contribution in [2.45, 2.75) is 13.8 Å². The number of carbonyl (C=O) groups excluding carboxylic acids is 1. The number of aromatic nitrogens is 3. The first-order chi connectivity index (χ1) is 15.0. The van der Waals surface area contributed by atoms with Crippen molar-refractivity contribution in [2.75, 3.05) is 11.9 Å². The Kier molecular flexibility index (Phi) is 6.00. The maximum absolute atomic E-state index is 12.9. The van der Waals surface area contributed by atoms with Crippen LogP contribution in [0.2, 0.25) is 5.02 Å². The molecule has 3 aromatic carbocycles. The van der Waals surface area contributed by atoms with Gasteiger partial charge in [0.25, 0.3) is 5.91 Å². The van der Waals surface area contributed by atoms with Crippen LogP contribution in [-0.2, 0) is 0 Å². The number of halogens is 1. The molecule has 7 heteroatoms. The predicted molar refractivity (Wildman–Crippen MR) is 122 cm³/mol. The third-order valence-electron chi connectivity index (χ3n) is 4.66. The first-order valence-electron chi connectivity index (χ1n) is 9.88. The SMILES string of the molecule is CCOc1ccc(NC(=O)c2nc(-c3ccccc3)n(-c3cc(Cl)ccc3C)n2)cc1. The zero-order chi connectivity index (χ0) is 21.8. The van der Waals surface area contributed by atoms with Gasteiger partial charge in [-0.3, -0.25) is 4.79 Å². The topological polar surface area (TPSA) is 69.0 Å². The fraction of sp³-hybridized carbons (Fsp3) is 0.125. The summed E-state index contributed by atoms with van der Waals surface area (Å²) in [6.07, 6.45) is 0. The highest BCUT2D eigenvalue weighted by Gasteiger charge is 2.20. The van der Waals surface area contributed by atoms with Crippen molar-refractivity contribution in [3.8, 4) is 22.8 Å². The summed E-state index contributed by atoms with van der Waals surface area (Å²) in [5.74, 6) is 0.959. The van der Waals surface area contributed by atoms with Crippen molar-refractivity contribution in [2.24, 2.45) is 0 Å². The molecule has 1 N–H and O–H groups in total. The summed E-state index contributed by atoms with van der Waals surface area (Å²) in [6, 6.07) is 22.3. The lowest BCUT2D eigenvalue weighted by Crippen LogP contribution is -2.14. The van der Waals surface area contributed by atoms with Crippen LogP contribution in [0.3, 0.4) is 0 Å². The van der Waals surface area contributed by atoms with Crippen molar-refractivity contribution >= 4 is 23.2 Å². The van der Waals surface area contributed by atoms with Gasteiger partial charge in [-0.05, 0) is 55.8 Å². The van der Waals surface area contributed by atoms with Crippen LogP contribution in [0.15, 0.2) is 72.8 Å². The predicted octanol–water partition coefficient (Wildman–Crippen LogP) is 5.55. The zero-order valence-corrected chi connectivity index (χ0v) is 17.9. The van der Waals surface area contributed by atoms with Crippen LogP contribution >= 0.6 is 11.6 Å². The molecule has 0 saturated carbocycles. The first kappa shape index (κ1) is 20.6. The highest BCUT2D eigenvalue weighted by atomic mass is 35.5. The smallest absolute Gasteiger partial charge is 0.295 e. The van der Waals surface area contributed by atoms with Crippen LogP contribution in [-0.4, -0.2) is 27.3 Å². The highest BCUT2D eigenvalue weighted by molar-refractivity contribution is 6.30. The Hall–Kier alpha value is -3.64. The molecule has 0 radical (unpaired) electrons. The van der Waals surface area contributed by atoms with Gasteiger partial charge in [-0.15, -0.1) is 5.10 Å². The van der Waals surface area contributed by atoms with E-state index in [1.54, 1.807) is 28.9 Å². The number of ether oxygens (including phenoxy) is 1. The average molecular weight is 433 g/mol. The number of nitrogens with one attached hydrogen (secondary N) is 1. The quantitative estimate of drug-likeness (QED) is 0.434. The molecule has 6 nitrogen and oxygen atoms in total. The largest absolute Gasteiger partial charge is 0.494 e. The van der Waals surface area contributed by atoms with Gasteiger partial charge in [0.1, 0.15) is 5.75 Å². The van der Waals surface area contributed by atoms with E-state index < -0.39 is 5.91 Å². The van der Waals surface area contributed by atoms with Crippen molar-refractivity contribution in [1.29, 1.82) is 0 Å². The molecule has 1 amide bonds. The standard InChI is InChI=1S/C24H21ClN4O2/c1-3-31-20-13-11-19(12-14-20)26-24(30)22-27-23(17-7-5-4-6-8-17)29(28-22)21-15-18(25)10-9-16(21)2/h4-15H,3H2,1-2H3,(H,26,30). The molecule has 0 aliphatic heterocycles. The maximum atomic E-state index is 12.9. The van der Waals surface area contributed by atoms with Crippen LogP contribution < -0.4 is 10.1 Å². The monoisotopic (exact) mass is 432 g/mol.